The second-order valence-electron chi connectivity index (χ2n) is 5.82. The predicted molar refractivity (Wildman–Crippen MR) is 93.0 cm³/mol. The zero-order valence-corrected chi connectivity index (χ0v) is 14.9. The van der Waals surface area contributed by atoms with Crippen LogP contribution in [-0.2, 0) is 24.0 Å². The summed E-state index contributed by atoms with van der Waals surface area (Å²) in [5.74, 6) is -3.94. The zero-order chi connectivity index (χ0) is 19.9. The Morgan fingerprint density at radius 3 is 2.46 bits per heavy atom. The maximum atomic E-state index is 12.7. The molecule has 1 aliphatic rings. The Morgan fingerprint density at radius 2 is 1.92 bits per heavy atom. The molecule has 0 radical (unpaired) electrons. The molecule has 0 aromatic rings. The molecule has 1 heterocycles. The minimum Gasteiger partial charge on any atom is -0.480 e. The van der Waals surface area contributed by atoms with E-state index in [0.29, 0.717) is 12.8 Å². The van der Waals surface area contributed by atoms with Crippen molar-refractivity contribution in [2.24, 2.45) is 11.5 Å². The number of nitrogens with two attached hydrogens (primary N) is 2. The lowest BCUT2D eigenvalue weighted by Gasteiger charge is -2.28. The van der Waals surface area contributed by atoms with Crippen molar-refractivity contribution < 1.29 is 29.1 Å². The molecule has 12 heteroatoms. The highest BCUT2D eigenvalue weighted by atomic mass is 32.1. The molecule has 3 atom stereocenters. The lowest BCUT2D eigenvalue weighted by Crippen LogP contribution is -2.56. The third-order valence-corrected chi connectivity index (χ3v) is 4.20. The van der Waals surface area contributed by atoms with E-state index >= 15 is 0 Å². The van der Waals surface area contributed by atoms with Crippen molar-refractivity contribution in [3.05, 3.63) is 0 Å². The van der Waals surface area contributed by atoms with Gasteiger partial charge < -0.3 is 32.1 Å². The quantitative estimate of drug-likeness (QED) is 0.224. The van der Waals surface area contributed by atoms with Crippen LogP contribution in [0.4, 0.5) is 0 Å². The molecule has 26 heavy (non-hydrogen) atoms. The summed E-state index contributed by atoms with van der Waals surface area (Å²) < 4.78 is 0. The van der Waals surface area contributed by atoms with Crippen molar-refractivity contribution in [3.63, 3.8) is 0 Å². The number of hydrogen-bond donors (Lipinski definition) is 6. The third-order valence-electron chi connectivity index (χ3n) is 3.81. The lowest BCUT2D eigenvalue weighted by molar-refractivity contribution is -0.143. The monoisotopic (exact) mass is 389 g/mol. The van der Waals surface area contributed by atoms with Gasteiger partial charge in [0.25, 0.3) is 0 Å². The van der Waals surface area contributed by atoms with Crippen LogP contribution in [0.3, 0.4) is 0 Å². The summed E-state index contributed by atoms with van der Waals surface area (Å²) in [7, 11) is 0. The first-order valence-corrected chi connectivity index (χ1v) is 8.55. The summed E-state index contributed by atoms with van der Waals surface area (Å²) in [6.07, 6.45) is 0.401. The minimum atomic E-state index is -1.26. The van der Waals surface area contributed by atoms with Gasteiger partial charge in [0, 0.05) is 12.3 Å². The number of hydrogen-bond acceptors (Lipinski definition) is 7. The van der Waals surface area contributed by atoms with Gasteiger partial charge >= 0.3 is 5.97 Å². The molecule has 11 nitrogen and oxygen atoms in total. The Balaban J connectivity index is 2.87. The fourth-order valence-corrected chi connectivity index (χ4v) is 2.71. The van der Waals surface area contributed by atoms with E-state index in [1.165, 1.54) is 4.90 Å². The number of nitrogens with zero attached hydrogens (tertiary/aromatic N) is 1. The SMILES string of the molecule is NC(=O)CC(NC(=O)C(N)CS)C(=O)N1CCCC1C(=O)NCC(=O)O. The Morgan fingerprint density at radius 1 is 1.27 bits per heavy atom. The maximum Gasteiger partial charge on any atom is 0.322 e. The summed E-state index contributed by atoms with van der Waals surface area (Å²) in [4.78, 5) is 59.8. The second kappa shape index (κ2) is 9.97. The number of carbonyl (C=O) groups is 5. The highest BCUT2D eigenvalue weighted by Crippen LogP contribution is 2.19. The lowest BCUT2D eigenvalue weighted by atomic mass is 10.1. The van der Waals surface area contributed by atoms with Crippen LogP contribution in [-0.4, -0.2) is 76.6 Å². The summed E-state index contributed by atoms with van der Waals surface area (Å²) in [5, 5.41) is 13.2. The van der Waals surface area contributed by atoms with Crippen LogP contribution in [0.1, 0.15) is 19.3 Å². The van der Waals surface area contributed by atoms with Crippen LogP contribution in [0, 0.1) is 0 Å². The third kappa shape index (κ3) is 6.19. The van der Waals surface area contributed by atoms with E-state index in [2.05, 4.69) is 23.3 Å². The summed E-state index contributed by atoms with van der Waals surface area (Å²) in [6, 6.07) is -3.12. The Hall–Kier alpha value is -2.34. The molecule has 4 amide bonds. The van der Waals surface area contributed by atoms with E-state index in [1.54, 1.807) is 0 Å². The first-order valence-electron chi connectivity index (χ1n) is 7.92. The van der Waals surface area contributed by atoms with Crippen LogP contribution >= 0.6 is 12.6 Å². The van der Waals surface area contributed by atoms with E-state index in [9.17, 15) is 24.0 Å². The average molecular weight is 389 g/mol. The number of nitrogens with one attached hydrogen (secondary N) is 2. The number of carboxylic acids is 1. The number of carboxylic acid groups (broad SMARTS) is 1. The second-order valence-corrected chi connectivity index (χ2v) is 6.19. The standard InChI is InChI=1S/C14H23N5O6S/c15-7(6-26)12(23)18-8(4-10(16)20)14(25)19-3-1-2-9(19)13(24)17-5-11(21)22/h7-9,26H,1-6,15H2,(H2,16,20)(H,17,24)(H,18,23)(H,21,22). The molecule has 0 aromatic heterocycles. The molecule has 0 spiro atoms. The van der Waals surface area contributed by atoms with E-state index in [1.807, 2.05) is 0 Å². The number of aliphatic carboxylic acids is 1. The normalized spacial score (nSPS) is 18.7. The minimum absolute atomic E-state index is 0.0350. The van der Waals surface area contributed by atoms with Crippen LogP contribution in [0.5, 0.6) is 0 Å². The van der Waals surface area contributed by atoms with E-state index in [0.717, 1.165) is 0 Å². The number of thiol groups is 1. The smallest absolute Gasteiger partial charge is 0.322 e. The molecule has 0 bridgehead atoms. The van der Waals surface area contributed by atoms with Gasteiger partial charge in [0.05, 0.1) is 12.5 Å². The Labute approximate surface area is 155 Å². The molecule has 146 valence electrons. The van der Waals surface area contributed by atoms with Crippen LogP contribution in [0.15, 0.2) is 0 Å². The number of amides is 4. The number of primary amides is 1. The van der Waals surface area contributed by atoms with Crippen molar-refractivity contribution in [2.45, 2.75) is 37.4 Å². The largest absolute Gasteiger partial charge is 0.480 e. The van der Waals surface area contributed by atoms with Crippen molar-refractivity contribution in [2.75, 3.05) is 18.8 Å². The van der Waals surface area contributed by atoms with Gasteiger partial charge in [-0.3, -0.25) is 24.0 Å². The van der Waals surface area contributed by atoms with E-state index < -0.39 is 60.7 Å². The highest BCUT2D eigenvalue weighted by molar-refractivity contribution is 7.80. The average Bonchev–Trinajstić information content (AvgIpc) is 3.06. The van der Waals surface area contributed by atoms with Gasteiger partial charge in [-0.25, -0.2) is 0 Å². The summed E-state index contributed by atoms with van der Waals surface area (Å²) in [6.45, 7) is -0.344. The highest BCUT2D eigenvalue weighted by Gasteiger charge is 2.38. The summed E-state index contributed by atoms with van der Waals surface area (Å²) in [5.41, 5.74) is 10.7. The molecule has 1 aliphatic heterocycles. The van der Waals surface area contributed by atoms with Gasteiger partial charge in [0.15, 0.2) is 0 Å². The molecular formula is C14H23N5O6S. The van der Waals surface area contributed by atoms with Crippen molar-refractivity contribution in [3.8, 4) is 0 Å². The van der Waals surface area contributed by atoms with Gasteiger partial charge in [-0.2, -0.15) is 12.6 Å². The van der Waals surface area contributed by atoms with Gasteiger partial charge in [0.2, 0.25) is 23.6 Å². The molecule has 1 rings (SSSR count). The fraction of sp³-hybridized carbons (Fsp3) is 0.643. The summed E-state index contributed by atoms with van der Waals surface area (Å²) >= 11 is 3.89. The predicted octanol–water partition coefficient (Wildman–Crippen LogP) is -3.20. The molecule has 0 aromatic carbocycles. The van der Waals surface area contributed by atoms with E-state index in [-0.39, 0.29) is 12.3 Å². The molecule has 0 aliphatic carbocycles. The first kappa shape index (κ1) is 21.7. The van der Waals surface area contributed by atoms with Gasteiger partial charge in [-0.1, -0.05) is 0 Å². The molecule has 7 N–H and O–H groups in total. The van der Waals surface area contributed by atoms with Gasteiger partial charge in [0.1, 0.15) is 18.6 Å². The number of rotatable bonds is 9. The van der Waals surface area contributed by atoms with E-state index in [4.69, 9.17) is 16.6 Å². The van der Waals surface area contributed by atoms with Gasteiger partial charge in [-0.05, 0) is 12.8 Å². The first-order chi connectivity index (χ1) is 12.2. The molecular weight excluding hydrogens is 366 g/mol. The molecule has 0 saturated carbocycles. The van der Waals surface area contributed by atoms with Crippen molar-refractivity contribution >= 4 is 42.2 Å². The Kier molecular flexibility index (Phi) is 8.32. The molecule has 3 unspecified atom stereocenters. The van der Waals surface area contributed by atoms with Crippen LogP contribution in [0.25, 0.3) is 0 Å². The van der Waals surface area contributed by atoms with Gasteiger partial charge in [-0.15, -0.1) is 0 Å². The molecule has 1 saturated heterocycles. The van der Waals surface area contributed by atoms with Crippen molar-refractivity contribution in [1.29, 1.82) is 0 Å². The Bertz CT molecular complexity index is 586. The fourth-order valence-electron chi connectivity index (χ4n) is 2.55. The maximum absolute atomic E-state index is 12.7. The number of carbonyl (C=O) groups excluding carboxylic acids is 4. The number of likely N-dealkylation sites (tertiary alicyclic amines) is 1. The van der Waals surface area contributed by atoms with Crippen LogP contribution in [0.2, 0.25) is 0 Å². The van der Waals surface area contributed by atoms with Crippen molar-refractivity contribution in [1.82, 2.24) is 15.5 Å². The zero-order valence-electron chi connectivity index (χ0n) is 14.0. The molecule has 1 fully saturated rings. The topological polar surface area (TPSA) is 185 Å². The van der Waals surface area contributed by atoms with Crippen LogP contribution < -0.4 is 22.1 Å².